The first kappa shape index (κ1) is 13.9. The van der Waals surface area contributed by atoms with Gasteiger partial charge in [0.2, 0.25) is 0 Å². The molecule has 2 aromatic carbocycles. The van der Waals surface area contributed by atoms with Crippen molar-refractivity contribution in [3.05, 3.63) is 71.8 Å². The summed E-state index contributed by atoms with van der Waals surface area (Å²) in [6.07, 6.45) is 0.0114. The van der Waals surface area contributed by atoms with Crippen LogP contribution < -0.4 is 0 Å². The molecule has 0 amide bonds. The standard InChI is InChI=1S/C18H17NO/c1-14(2)20-18(16-11-7-4-8-12-16)17(13-19)15-9-5-3-6-10-15/h3-12,14H,1-2H3/b18-17+. The lowest BCUT2D eigenvalue weighted by atomic mass is 10.0. The molecular formula is C18H17NO. The van der Waals surface area contributed by atoms with Gasteiger partial charge in [0, 0.05) is 5.56 Å². The molecule has 0 radical (unpaired) electrons. The fraction of sp³-hybridized carbons (Fsp3) is 0.167. The Bertz CT molecular complexity index is 621. The molecule has 0 fully saturated rings. The van der Waals surface area contributed by atoms with Gasteiger partial charge >= 0.3 is 0 Å². The Hall–Kier alpha value is -2.53. The second-order valence-electron chi connectivity index (χ2n) is 4.71. The predicted molar refractivity (Wildman–Crippen MR) is 81.5 cm³/mol. The van der Waals surface area contributed by atoms with Crippen LogP contribution in [0.1, 0.15) is 25.0 Å². The SMILES string of the molecule is CC(C)O/C(=C(\C#N)c1ccccc1)c1ccccc1. The molecule has 2 nitrogen and oxygen atoms in total. The van der Waals surface area contributed by atoms with Crippen LogP contribution in [0.4, 0.5) is 0 Å². The smallest absolute Gasteiger partial charge is 0.145 e. The summed E-state index contributed by atoms with van der Waals surface area (Å²) in [4.78, 5) is 0. The lowest BCUT2D eigenvalue weighted by Crippen LogP contribution is -2.04. The van der Waals surface area contributed by atoms with E-state index in [4.69, 9.17) is 4.74 Å². The Balaban J connectivity index is 2.59. The van der Waals surface area contributed by atoms with Gasteiger partial charge in [-0.15, -0.1) is 0 Å². The van der Waals surface area contributed by atoms with Crippen LogP contribution in [0.25, 0.3) is 11.3 Å². The van der Waals surface area contributed by atoms with Gasteiger partial charge < -0.3 is 4.74 Å². The van der Waals surface area contributed by atoms with Gasteiger partial charge in [0.25, 0.3) is 0 Å². The van der Waals surface area contributed by atoms with E-state index in [0.29, 0.717) is 11.3 Å². The molecule has 0 aliphatic rings. The molecule has 2 heteroatoms. The van der Waals surface area contributed by atoms with Crippen LogP contribution in [0.15, 0.2) is 60.7 Å². The Morgan fingerprint density at radius 3 is 1.85 bits per heavy atom. The Morgan fingerprint density at radius 2 is 1.40 bits per heavy atom. The predicted octanol–water partition coefficient (Wildman–Crippen LogP) is 4.50. The van der Waals surface area contributed by atoms with E-state index in [9.17, 15) is 5.26 Å². The number of nitriles is 1. The number of hydrogen-bond acceptors (Lipinski definition) is 2. The summed E-state index contributed by atoms with van der Waals surface area (Å²) in [6, 6.07) is 21.6. The molecule has 0 unspecified atom stereocenters. The summed E-state index contributed by atoms with van der Waals surface area (Å²) in [5.41, 5.74) is 2.35. The zero-order valence-electron chi connectivity index (χ0n) is 11.7. The zero-order valence-corrected chi connectivity index (χ0v) is 11.7. The number of ether oxygens (including phenoxy) is 1. The average molecular weight is 263 g/mol. The molecule has 0 aliphatic heterocycles. The molecule has 0 bridgehead atoms. The maximum absolute atomic E-state index is 9.54. The molecule has 0 aromatic heterocycles. The van der Waals surface area contributed by atoms with Gasteiger partial charge in [0.15, 0.2) is 0 Å². The molecule has 0 saturated carbocycles. The van der Waals surface area contributed by atoms with E-state index in [-0.39, 0.29) is 6.10 Å². The molecule has 0 N–H and O–H groups in total. The van der Waals surface area contributed by atoms with Crippen LogP contribution in [-0.4, -0.2) is 6.10 Å². The van der Waals surface area contributed by atoms with E-state index in [2.05, 4.69) is 6.07 Å². The van der Waals surface area contributed by atoms with Crippen molar-refractivity contribution >= 4 is 11.3 Å². The van der Waals surface area contributed by atoms with Crippen molar-refractivity contribution in [3.8, 4) is 6.07 Å². The highest BCUT2D eigenvalue weighted by Gasteiger charge is 2.14. The second-order valence-corrected chi connectivity index (χ2v) is 4.71. The number of allylic oxidation sites excluding steroid dienone is 1. The third kappa shape index (κ3) is 3.27. The van der Waals surface area contributed by atoms with E-state index in [1.807, 2.05) is 74.5 Å². The molecule has 0 saturated heterocycles. The van der Waals surface area contributed by atoms with Crippen LogP contribution in [0.3, 0.4) is 0 Å². The fourth-order valence-electron chi connectivity index (χ4n) is 1.95. The van der Waals surface area contributed by atoms with Crippen LogP contribution in [-0.2, 0) is 4.74 Å². The third-order valence-corrected chi connectivity index (χ3v) is 2.79. The minimum atomic E-state index is 0.0114. The quantitative estimate of drug-likeness (QED) is 0.462. The number of nitrogens with zero attached hydrogens (tertiary/aromatic N) is 1. The summed E-state index contributed by atoms with van der Waals surface area (Å²) < 4.78 is 5.90. The van der Waals surface area contributed by atoms with Crippen LogP contribution in [0, 0.1) is 11.3 Å². The minimum Gasteiger partial charge on any atom is -0.489 e. The number of rotatable bonds is 4. The van der Waals surface area contributed by atoms with Crippen molar-refractivity contribution in [1.82, 2.24) is 0 Å². The van der Waals surface area contributed by atoms with Crippen molar-refractivity contribution in [3.63, 3.8) is 0 Å². The Kier molecular flexibility index (Phi) is 4.57. The van der Waals surface area contributed by atoms with Crippen molar-refractivity contribution in [1.29, 1.82) is 5.26 Å². The summed E-state index contributed by atoms with van der Waals surface area (Å²) in [7, 11) is 0. The molecule has 2 rings (SSSR count). The molecule has 20 heavy (non-hydrogen) atoms. The first-order chi connectivity index (χ1) is 9.72. The monoisotopic (exact) mass is 263 g/mol. The summed E-state index contributed by atoms with van der Waals surface area (Å²) in [6.45, 7) is 3.92. The maximum Gasteiger partial charge on any atom is 0.145 e. The maximum atomic E-state index is 9.54. The molecule has 0 spiro atoms. The van der Waals surface area contributed by atoms with Crippen molar-refractivity contribution < 1.29 is 4.74 Å². The minimum absolute atomic E-state index is 0.0114. The highest BCUT2D eigenvalue weighted by Crippen LogP contribution is 2.28. The molecule has 100 valence electrons. The first-order valence-corrected chi connectivity index (χ1v) is 6.64. The number of hydrogen-bond donors (Lipinski definition) is 0. The van der Waals surface area contributed by atoms with E-state index in [1.54, 1.807) is 0 Å². The Labute approximate surface area is 119 Å². The van der Waals surface area contributed by atoms with Crippen LogP contribution in [0.2, 0.25) is 0 Å². The summed E-state index contributed by atoms with van der Waals surface area (Å²) >= 11 is 0. The lowest BCUT2D eigenvalue weighted by Gasteiger charge is -2.16. The fourth-order valence-corrected chi connectivity index (χ4v) is 1.95. The van der Waals surface area contributed by atoms with Gasteiger partial charge in [0.05, 0.1) is 6.10 Å². The highest BCUT2D eigenvalue weighted by molar-refractivity contribution is 5.94. The van der Waals surface area contributed by atoms with Crippen molar-refractivity contribution in [2.45, 2.75) is 20.0 Å². The lowest BCUT2D eigenvalue weighted by molar-refractivity contribution is 0.205. The van der Waals surface area contributed by atoms with E-state index in [1.165, 1.54) is 0 Å². The molecule has 2 aromatic rings. The second kappa shape index (κ2) is 6.58. The summed E-state index contributed by atoms with van der Waals surface area (Å²) in [5.74, 6) is 0.634. The molecule has 0 atom stereocenters. The normalized spacial score (nSPS) is 11.7. The first-order valence-electron chi connectivity index (χ1n) is 6.64. The Morgan fingerprint density at radius 1 is 0.900 bits per heavy atom. The van der Waals surface area contributed by atoms with E-state index >= 15 is 0 Å². The molecule has 0 heterocycles. The molecule has 0 aliphatic carbocycles. The van der Waals surface area contributed by atoms with Crippen molar-refractivity contribution in [2.24, 2.45) is 0 Å². The van der Waals surface area contributed by atoms with Gasteiger partial charge in [-0.3, -0.25) is 0 Å². The van der Waals surface area contributed by atoms with Gasteiger partial charge in [0.1, 0.15) is 17.4 Å². The van der Waals surface area contributed by atoms with Crippen molar-refractivity contribution in [2.75, 3.05) is 0 Å². The summed E-state index contributed by atoms with van der Waals surface area (Å²) in [5, 5.41) is 9.54. The van der Waals surface area contributed by atoms with Crippen LogP contribution in [0.5, 0.6) is 0 Å². The third-order valence-electron chi connectivity index (χ3n) is 2.79. The van der Waals surface area contributed by atoms with Gasteiger partial charge in [-0.2, -0.15) is 5.26 Å². The van der Waals surface area contributed by atoms with Gasteiger partial charge in [-0.1, -0.05) is 60.7 Å². The van der Waals surface area contributed by atoms with E-state index in [0.717, 1.165) is 11.1 Å². The largest absolute Gasteiger partial charge is 0.489 e. The zero-order chi connectivity index (χ0) is 14.4. The highest BCUT2D eigenvalue weighted by atomic mass is 16.5. The number of benzene rings is 2. The van der Waals surface area contributed by atoms with Gasteiger partial charge in [-0.25, -0.2) is 0 Å². The van der Waals surface area contributed by atoms with Gasteiger partial charge in [-0.05, 0) is 19.4 Å². The van der Waals surface area contributed by atoms with Crippen LogP contribution >= 0.6 is 0 Å². The topological polar surface area (TPSA) is 33.0 Å². The molecular weight excluding hydrogens is 246 g/mol. The van der Waals surface area contributed by atoms with E-state index < -0.39 is 0 Å². The average Bonchev–Trinajstić information content (AvgIpc) is 2.49.